The van der Waals surface area contributed by atoms with Gasteiger partial charge in [0.25, 0.3) is 0 Å². The molecule has 0 aromatic heterocycles. The summed E-state index contributed by atoms with van der Waals surface area (Å²) in [5.74, 6) is 1.68. The van der Waals surface area contributed by atoms with E-state index < -0.39 is 10.8 Å². The van der Waals surface area contributed by atoms with Gasteiger partial charge in [0.2, 0.25) is 0 Å². The Kier molecular flexibility index (Phi) is 5.88. The maximum absolute atomic E-state index is 14.0. The van der Waals surface area contributed by atoms with Crippen molar-refractivity contribution in [2.24, 2.45) is 11.8 Å². The van der Waals surface area contributed by atoms with Crippen molar-refractivity contribution in [3.05, 3.63) is 29.6 Å². The van der Waals surface area contributed by atoms with Crippen LogP contribution in [0.4, 0.5) is 4.39 Å². The predicted octanol–water partition coefficient (Wildman–Crippen LogP) is 4.90. The standard InChI is InChI=1S/C19H29FO2S/c1-13(2)16(12-23(21)19(3,4)5)15-8-9-17(20)18(10-15)22-11-14-6-7-14/h8-10,13-14,16H,6-7,11-12H2,1-5H3/t16?,23-/m1/s1. The first kappa shape index (κ1) is 18.4. The third-order valence-electron chi connectivity index (χ3n) is 4.37. The van der Waals surface area contributed by atoms with Crippen LogP contribution in [0.2, 0.25) is 0 Å². The molecule has 1 aromatic carbocycles. The highest BCUT2D eigenvalue weighted by atomic mass is 32.2. The molecule has 4 heteroatoms. The molecule has 1 aliphatic rings. The van der Waals surface area contributed by atoms with Crippen molar-refractivity contribution in [3.8, 4) is 5.75 Å². The molecule has 0 bridgehead atoms. The van der Waals surface area contributed by atoms with Gasteiger partial charge >= 0.3 is 0 Å². The average molecular weight is 341 g/mol. The van der Waals surface area contributed by atoms with Crippen molar-refractivity contribution in [2.75, 3.05) is 12.4 Å². The van der Waals surface area contributed by atoms with E-state index >= 15 is 0 Å². The Morgan fingerprint density at radius 2 is 1.96 bits per heavy atom. The minimum atomic E-state index is -0.936. The molecule has 0 radical (unpaired) electrons. The molecular weight excluding hydrogens is 311 g/mol. The molecule has 0 spiro atoms. The van der Waals surface area contributed by atoms with E-state index in [0.29, 0.717) is 29.9 Å². The van der Waals surface area contributed by atoms with E-state index in [1.807, 2.05) is 32.9 Å². The summed E-state index contributed by atoms with van der Waals surface area (Å²) in [5.41, 5.74) is 1.02. The third-order valence-corrected chi connectivity index (χ3v) is 6.40. The van der Waals surface area contributed by atoms with E-state index in [4.69, 9.17) is 4.74 Å². The van der Waals surface area contributed by atoms with Gasteiger partial charge < -0.3 is 4.74 Å². The second-order valence-electron chi connectivity index (χ2n) is 7.92. The van der Waals surface area contributed by atoms with Crippen LogP contribution in [0, 0.1) is 17.7 Å². The van der Waals surface area contributed by atoms with Crippen molar-refractivity contribution < 1.29 is 13.3 Å². The molecule has 0 saturated heterocycles. The number of benzene rings is 1. The summed E-state index contributed by atoms with van der Waals surface area (Å²) in [7, 11) is -0.936. The summed E-state index contributed by atoms with van der Waals surface area (Å²) in [6.45, 7) is 10.8. The lowest BCUT2D eigenvalue weighted by Gasteiger charge is -2.26. The Labute approximate surface area is 142 Å². The van der Waals surface area contributed by atoms with Gasteiger partial charge in [0, 0.05) is 21.3 Å². The number of hydrogen-bond donors (Lipinski definition) is 0. The molecule has 1 fully saturated rings. The summed E-state index contributed by atoms with van der Waals surface area (Å²) >= 11 is 0. The van der Waals surface area contributed by atoms with Crippen LogP contribution in [0.25, 0.3) is 0 Å². The quantitative estimate of drug-likeness (QED) is 0.705. The fraction of sp³-hybridized carbons (Fsp3) is 0.684. The molecule has 0 heterocycles. The maximum Gasteiger partial charge on any atom is 0.165 e. The molecule has 2 rings (SSSR count). The van der Waals surface area contributed by atoms with Crippen molar-refractivity contribution in [1.29, 1.82) is 0 Å². The van der Waals surface area contributed by atoms with Crippen LogP contribution >= 0.6 is 0 Å². The van der Waals surface area contributed by atoms with E-state index in [1.165, 1.54) is 18.9 Å². The van der Waals surface area contributed by atoms with Crippen LogP contribution < -0.4 is 4.74 Å². The Bertz CT molecular complexity index is 559. The Morgan fingerprint density at radius 1 is 1.30 bits per heavy atom. The lowest BCUT2D eigenvalue weighted by Crippen LogP contribution is -2.28. The first-order chi connectivity index (χ1) is 10.7. The van der Waals surface area contributed by atoms with Gasteiger partial charge in [-0.25, -0.2) is 4.39 Å². The van der Waals surface area contributed by atoms with Crippen LogP contribution in [0.15, 0.2) is 18.2 Å². The van der Waals surface area contributed by atoms with Gasteiger partial charge in [0.05, 0.1) is 6.61 Å². The number of ether oxygens (including phenoxy) is 1. The van der Waals surface area contributed by atoms with Gasteiger partial charge in [-0.1, -0.05) is 19.9 Å². The first-order valence-electron chi connectivity index (χ1n) is 8.49. The summed E-state index contributed by atoms with van der Waals surface area (Å²) in [6.07, 6.45) is 2.36. The zero-order chi connectivity index (χ0) is 17.2. The van der Waals surface area contributed by atoms with E-state index in [-0.39, 0.29) is 16.5 Å². The van der Waals surface area contributed by atoms with Crippen molar-refractivity contribution >= 4 is 10.8 Å². The van der Waals surface area contributed by atoms with E-state index in [2.05, 4.69) is 13.8 Å². The monoisotopic (exact) mass is 340 g/mol. The highest BCUT2D eigenvalue weighted by Gasteiger charge is 2.27. The van der Waals surface area contributed by atoms with Gasteiger partial charge in [0.1, 0.15) is 0 Å². The molecule has 1 aliphatic carbocycles. The van der Waals surface area contributed by atoms with E-state index in [9.17, 15) is 8.60 Å². The first-order valence-corrected chi connectivity index (χ1v) is 9.81. The van der Waals surface area contributed by atoms with Gasteiger partial charge in [-0.3, -0.25) is 4.21 Å². The predicted molar refractivity (Wildman–Crippen MR) is 95.0 cm³/mol. The topological polar surface area (TPSA) is 26.3 Å². The minimum Gasteiger partial charge on any atom is -0.490 e. The summed E-state index contributed by atoms with van der Waals surface area (Å²) in [6, 6.07) is 5.10. The zero-order valence-corrected chi connectivity index (χ0v) is 15.7. The van der Waals surface area contributed by atoms with E-state index in [0.717, 1.165) is 5.56 Å². The Balaban J connectivity index is 2.17. The second-order valence-corrected chi connectivity index (χ2v) is 10.2. The minimum absolute atomic E-state index is 0.138. The molecule has 23 heavy (non-hydrogen) atoms. The van der Waals surface area contributed by atoms with E-state index in [1.54, 1.807) is 0 Å². The molecular formula is C19H29FO2S. The molecule has 0 amide bonds. The third kappa shape index (κ3) is 5.30. The number of rotatable bonds is 7. The molecule has 130 valence electrons. The number of halogens is 1. The summed E-state index contributed by atoms with van der Waals surface area (Å²) < 4.78 is 31.9. The molecule has 2 nitrogen and oxygen atoms in total. The normalized spacial score (nSPS) is 18.0. The molecule has 2 atom stereocenters. The molecule has 1 aromatic rings. The molecule has 1 saturated carbocycles. The molecule has 1 unspecified atom stereocenters. The lowest BCUT2D eigenvalue weighted by molar-refractivity contribution is 0.284. The molecule has 0 aliphatic heterocycles. The zero-order valence-electron chi connectivity index (χ0n) is 14.9. The van der Waals surface area contributed by atoms with Gasteiger partial charge in [-0.05, 0) is 69.1 Å². The van der Waals surface area contributed by atoms with Crippen molar-refractivity contribution in [2.45, 2.75) is 58.1 Å². The van der Waals surface area contributed by atoms with Crippen molar-refractivity contribution in [1.82, 2.24) is 0 Å². The van der Waals surface area contributed by atoms with Crippen LogP contribution in [-0.2, 0) is 10.8 Å². The van der Waals surface area contributed by atoms with Crippen LogP contribution in [0.1, 0.15) is 58.9 Å². The highest BCUT2D eigenvalue weighted by Crippen LogP contribution is 2.33. The van der Waals surface area contributed by atoms with Gasteiger partial charge in [0.15, 0.2) is 11.6 Å². The highest BCUT2D eigenvalue weighted by molar-refractivity contribution is 7.86. The molecule has 0 N–H and O–H groups in total. The van der Waals surface area contributed by atoms with Crippen LogP contribution in [-0.4, -0.2) is 21.3 Å². The van der Waals surface area contributed by atoms with Crippen LogP contribution in [0.5, 0.6) is 5.75 Å². The van der Waals surface area contributed by atoms with Crippen molar-refractivity contribution in [3.63, 3.8) is 0 Å². The average Bonchev–Trinajstić information content (AvgIpc) is 3.26. The summed E-state index contributed by atoms with van der Waals surface area (Å²) in [5, 5.41) is 0. The van der Waals surface area contributed by atoms with Gasteiger partial charge in [-0.15, -0.1) is 0 Å². The fourth-order valence-corrected chi connectivity index (χ4v) is 3.84. The number of hydrogen-bond acceptors (Lipinski definition) is 2. The lowest BCUT2D eigenvalue weighted by atomic mass is 9.90. The largest absolute Gasteiger partial charge is 0.490 e. The SMILES string of the molecule is CC(C)C(C[S@@](=O)C(C)(C)C)c1ccc(F)c(OCC2CC2)c1. The van der Waals surface area contributed by atoms with Crippen LogP contribution in [0.3, 0.4) is 0 Å². The fourth-order valence-electron chi connectivity index (χ4n) is 2.44. The second kappa shape index (κ2) is 7.33. The Morgan fingerprint density at radius 3 is 2.48 bits per heavy atom. The maximum atomic E-state index is 14.0. The smallest absolute Gasteiger partial charge is 0.165 e. The summed E-state index contributed by atoms with van der Waals surface area (Å²) in [4.78, 5) is 0. The Hall–Kier alpha value is -0.900. The van der Waals surface area contributed by atoms with Gasteiger partial charge in [-0.2, -0.15) is 0 Å².